The van der Waals surface area contributed by atoms with E-state index < -0.39 is 0 Å². The molecule has 168 valence electrons. The fraction of sp³-hybridized carbons (Fsp3) is 0.429. The molecule has 0 spiro atoms. The van der Waals surface area contributed by atoms with Crippen molar-refractivity contribution >= 4 is 41.5 Å². The minimum atomic E-state index is -0.0777. The average molecular weight is 559 g/mol. The molecule has 2 aromatic heterocycles. The SMILES string of the molecule is CCNC(=NCc1ncc(C(C)(C)C)o1)NCCc1nc(-c2cccc(Cl)c2)no1.I. The Kier molecular flexibility index (Phi) is 9.30. The molecule has 2 N–H and O–H groups in total. The first-order valence-electron chi connectivity index (χ1n) is 9.91. The topological polar surface area (TPSA) is 101 Å². The second-order valence-corrected chi connectivity index (χ2v) is 8.20. The van der Waals surface area contributed by atoms with Crippen molar-refractivity contribution in [2.24, 2.45) is 4.99 Å². The van der Waals surface area contributed by atoms with Gasteiger partial charge < -0.3 is 19.6 Å². The van der Waals surface area contributed by atoms with E-state index in [1.807, 2.05) is 19.1 Å². The van der Waals surface area contributed by atoms with Crippen LogP contribution in [0.1, 0.15) is 45.2 Å². The van der Waals surface area contributed by atoms with Gasteiger partial charge in [-0.15, -0.1) is 24.0 Å². The highest BCUT2D eigenvalue weighted by Crippen LogP contribution is 2.23. The van der Waals surface area contributed by atoms with E-state index in [2.05, 4.69) is 51.5 Å². The summed E-state index contributed by atoms with van der Waals surface area (Å²) in [5, 5.41) is 11.1. The first-order chi connectivity index (χ1) is 14.3. The van der Waals surface area contributed by atoms with Crippen molar-refractivity contribution in [2.75, 3.05) is 13.1 Å². The summed E-state index contributed by atoms with van der Waals surface area (Å²) in [6.45, 7) is 9.94. The summed E-state index contributed by atoms with van der Waals surface area (Å²) >= 11 is 6.02. The number of rotatable bonds is 7. The van der Waals surface area contributed by atoms with E-state index in [1.54, 1.807) is 18.3 Å². The molecule has 0 amide bonds. The van der Waals surface area contributed by atoms with Crippen LogP contribution >= 0.6 is 35.6 Å². The summed E-state index contributed by atoms with van der Waals surface area (Å²) < 4.78 is 11.1. The highest BCUT2D eigenvalue weighted by Gasteiger charge is 2.19. The van der Waals surface area contributed by atoms with Gasteiger partial charge >= 0.3 is 0 Å². The maximum atomic E-state index is 6.02. The van der Waals surface area contributed by atoms with E-state index in [0.29, 0.717) is 48.1 Å². The number of halogens is 2. The lowest BCUT2D eigenvalue weighted by molar-refractivity contribution is 0.378. The van der Waals surface area contributed by atoms with Crippen molar-refractivity contribution in [2.45, 2.75) is 46.1 Å². The van der Waals surface area contributed by atoms with Crippen LogP contribution in [0.15, 0.2) is 44.4 Å². The molecule has 0 unspecified atom stereocenters. The predicted octanol–water partition coefficient (Wildman–Crippen LogP) is 4.59. The van der Waals surface area contributed by atoms with Gasteiger partial charge in [0.2, 0.25) is 17.6 Å². The molecule has 3 rings (SSSR count). The molecule has 3 aromatic rings. The number of nitrogens with one attached hydrogen (secondary N) is 2. The lowest BCUT2D eigenvalue weighted by Crippen LogP contribution is -2.38. The van der Waals surface area contributed by atoms with Crippen molar-refractivity contribution in [1.82, 2.24) is 25.8 Å². The van der Waals surface area contributed by atoms with Crippen molar-refractivity contribution < 1.29 is 8.94 Å². The van der Waals surface area contributed by atoms with Crippen LogP contribution < -0.4 is 10.6 Å². The summed E-state index contributed by atoms with van der Waals surface area (Å²) in [6, 6.07) is 7.35. The van der Waals surface area contributed by atoms with Crippen LogP contribution in [0.4, 0.5) is 0 Å². The van der Waals surface area contributed by atoms with Crippen LogP contribution in [-0.2, 0) is 18.4 Å². The van der Waals surface area contributed by atoms with Crippen LogP contribution in [0, 0.1) is 0 Å². The van der Waals surface area contributed by atoms with Gasteiger partial charge in [-0.3, -0.25) is 0 Å². The van der Waals surface area contributed by atoms with Crippen molar-refractivity contribution in [3.8, 4) is 11.4 Å². The first-order valence-corrected chi connectivity index (χ1v) is 10.3. The predicted molar refractivity (Wildman–Crippen MR) is 132 cm³/mol. The minimum Gasteiger partial charge on any atom is -0.443 e. The Morgan fingerprint density at radius 1 is 1.19 bits per heavy atom. The number of oxazole rings is 1. The maximum Gasteiger partial charge on any atom is 0.228 e. The Hall–Kier alpha value is -2.14. The molecule has 0 saturated carbocycles. The van der Waals surface area contributed by atoms with Gasteiger partial charge in [0.15, 0.2) is 5.96 Å². The van der Waals surface area contributed by atoms with Crippen LogP contribution in [-0.4, -0.2) is 34.2 Å². The Bertz CT molecular complexity index is 996. The third-order valence-corrected chi connectivity index (χ3v) is 4.43. The van der Waals surface area contributed by atoms with E-state index in [0.717, 1.165) is 17.9 Å². The smallest absolute Gasteiger partial charge is 0.228 e. The molecule has 0 atom stereocenters. The number of nitrogens with zero attached hydrogens (tertiary/aromatic N) is 4. The second kappa shape index (κ2) is 11.5. The van der Waals surface area contributed by atoms with Gasteiger partial charge in [-0.25, -0.2) is 9.98 Å². The van der Waals surface area contributed by atoms with Gasteiger partial charge in [-0.1, -0.05) is 49.7 Å². The standard InChI is InChI=1S/C21H27ClN6O2.HI/c1-5-23-20(26-13-18-25-12-16(29-18)21(2,3)4)24-10-9-17-27-19(28-30-17)14-7-6-8-15(22)11-14;/h6-8,11-12H,5,9-10,13H2,1-4H3,(H2,23,24,26);1H. The van der Waals surface area contributed by atoms with E-state index in [9.17, 15) is 0 Å². The molecule has 0 aliphatic carbocycles. The number of benzene rings is 1. The lowest BCUT2D eigenvalue weighted by Gasteiger charge is -2.13. The highest BCUT2D eigenvalue weighted by atomic mass is 127. The molecular weight excluding hydrogens is 531 g/mol. The summed E-state index contributed by atoms with van der Waals surface area (Å²) in [5.74, 6) is 3.16. The van der Waals surface area contributed by atoms with Crippen LogP contribution in [0.2, 0.25) is 5.02 Å². The average Bonchev–Trinajstić information content (AvgIpc) is 3.36. The largest absolute Gasteiger partial charge is 0.443 e. The Morgan fingerprint density at radius 2 is 2.00 bits per heavy atom. The van der Waals surface area contributed by atoms with Crippen LogP contribution in [0.25, 0.3) is 11.4 Å². The van der Waals surface area contributed by atoms with Gasteiger partial charge in [-0.2, -0.15) is 4.98 Å². The molecule has 8 nitrogen and oxygen atoms in total. The number of guanidine groups is 1. The monoisotopic (exact) mass is 558 g/mol. The van der Waals surface area contributed by atoms with Gasteiger partial charge in [0, 0.05) is 35.5 Å². The lowest BCUT2D eigenvalue weighted by atomic mass is 9.94. The quantitative estimate of drug-likeness (QED) is 0.248. The molecule has 0 fully saturated rings. The van der Waals surface area contributed by atoms with Gasteiger partial charge in [0.1, 0.15) is 12.3 Å². The Balaban J connectivity index is 0.00000341. The van der Waals surface area contributed by atoms with Gasteiger partial charge in [0.05, 0.1) is 6.20 Å². The first kappa shape index (κ1) is 25.1. The molecule has 0 radical (unpaired) electrons. The third-order valence-electron chi connectivity index (χ3n) is 4.19. The zero-order chi connectivity index (χ0) is 21.6. The molecule has 1 aromatic carbocycles. The molecule has 31 heavy (non-hydrogen) atoms. The number of aromatic nitrogens is 3. The summed E-state index contributed by atoms with van der Waals surface area (Å²) in [4.78, 5) is 13.3. The van der Waals surface area contributed by atoms with Crippen LogP contribution in [0.5, 0.6) is 0 Å². The van der Waals surface area contributed by atoms with E-state index >= 15 is 0 Å². The maximum absolute atomic E-state index is 6.02. The van der Waals surface area contributed by atoms with Crippen LogP contribution in [0.3, 0.4) is 0 Å². The number of hydrogen-bond acceptors (Lipinski definition) is 6. The molecule has 2 heterocycles. The normalized spacial score (nSPS) is 11.8. The summed E-state index contributed by atoms with van der Waals surface area (Å²) in [7, 11) is 0. The molecule has 0 bridgehead atoms. The number of hydrogen-bond donors (Lipinski definition) is 2. The van der Waals surface area contributed by atoms with Crippen molar-refractivity contribution in [3.63, 3.8) is 0 Å². The highest BCUT2D eigenvalue weighted by molar-refractivity contribution is 14.0. The zero-order valence-electron chi connectivity index (χ0n) is 18.1. The van der Waals surface area contributed by atoms with E-state index in [-0.39, 0.29) is 29.4 Å². The second-order valence-electron chi connectivity index (χ2n) is 7.76. The summed E-state index contributed by atoms with van der Waals surface area (Å²) in [5.41, 5.74) is 0.743. The Morgan fingerprint density at radius 3 is 2.68 bits per heavy atom. The minimum absolute atomic E-state index is 0. The van der Waals surface area contributed by atoms with Gasteiger partial charge in [0.25, 0.3) is 0 Å². The fourth-order valence-electron chi connectivity index (χ4n) is 2.61. The zero-order valence-corrected chi connectivity index (χ0v) is 21.2. The Labute approximate surface area is 204 Å². The van der Waals surface area contributed by atoms with Crippen molar-refractivity contribution in [1.29, 1.82) is 0 Å². The molecule has 10 heteroatoms. The molecular formula is C21H28ClIN6O2. The fourth-order valence-corrected chi connectivity index (χ4v) is 2.80. The third kappa shape index (κ3) is 7.49. The summed E-state index contributed by atoms with van der Waals surface area (Å²) in [6.07, 6.45) is 2.32. The van der Waals surface area contributed by atoms with E-state index in [4.69, 9.17) is 20.5 Å². The molecule has 0 saturated heterocycles. The van der Waals surface area contributed by atoms with Gasteiger partial charge in [-0.05, 0) is 19.1 Å². The molecule has 0 aliphatic rings. The van der Waals surface area contributed by atoms with E-state index in [1.165, 1.54) is 0 Å². The number of aliphatic imine (C=N–C) groups is 1. The molecule has 0 aliphatic heterocycles. The van der Waals surface area contributed by atoms with Crippen molar-refractivity contribution in [3.05, 3.63) is 53.0 Å².